The van der Waals surface area contributed by atoms with Gasteiger partial charge >= 0.3 is 0 Å². The number of aromatic nitrogens is 2. The summed E-state index contributed by atoms with van der Waals surface area (Å²) in [5.74, 6) is 0.856. The van der Waals surface area contributed by atoms with Gasteiger partial charge in [-0.05, 0) is 30.8 Å². The number of hydrogen-bond donors (Lipinski definition) is 3. The van der Waals surface area contributed by atoms with E-state index in [0.717, 1.165) is 28.5 Å². The van der Waals surface area contributed by atoms with Crippen molar-refractivity contribution >= 4 is 23.7 Å². The molecule has 0 bridgehead atoms. The Morgan fingerprint density at radius 1 is 1.43 bits per heavy atom. The highest BCUT2D eigenvalue weighted by atomic mass is 16.1. The van der Waals surface area contributed by atoms with E-state index in [0.29, 0.717) is 6.42 Å². The molecule has 21 heavy (non-hydrogen) atoms. The zero-order valence-electron chi connectivity index (χ0n) is 11.6. The smallest absolute Gasteiger partial charge is 0.228 e. The second-order valence-electron chi connectivity index (χ2n) is 5.21. The number of nitrogens with one attached hydrogen (secondary N) is 3. The number of likely N-dealkylation sites (N-methyl/N-ethyl adjacent to an activating group) is 1. The maximum Gasteiger partial charge on any atom is 0.228 e. The summed E-state index contributed by atoms with van der Waals surface area (Å²) in [6.45, 7) is 0. The van der Waals surface area contributed by atoms with Crippen LogP contribution in [0.25, 0.3) is 17.5 Å². The first-order valence-corrected chi connectivity index (χ1v) is 6.87. The number of nitrogens with zero attached hydrogens (tertiary/aromatic N) is 2. The Labute approximate surface area is 121 Å². The number of hydrogen-bond acceptors (Lipinski definition) is 4. The van der Waals surface area contributed by atoms with E-state index < -0.39 is 0 Å². The van der Waals surface area contributed by atoms with E-state index in [1.165, 1.54) is 0 Å². The highest BCUT2D eigenvalue weighted by molar-refractivity contribution is 5.99. The fourth-order valence-corrected chi connectivity index (χ4v) is 2.68. The Morgan fingerprint density at radius 2 is 2.33 bits per heavy atom. The van der Waals surface area contributed by atoms with Crippen molar-refractivity contribution in [3.8, 4) is 11.3 Å². The average Bonchev–Trinajstić information content (AvgIpc) is 3.07. The SMILES string of the molecule is CNC1C=Cn2cc(-c3ccc4c(c3)CC(=O)N4)nc2N1. The number of carbonyl (C=O) groups is 1. The van der Waals surface area contributed by atoms with Gasteiger partial charge in [0.25, 0.3) is 0 Å². The molecule has 0 saturated carbocycles. The molecule has 1 amide bonds. The van der Waals surface area contributed by atoms with E-state index >= 15 is 0 Å². The molecule has 2 aliphatic rings. The maximum atomic E-state index is 11.4. The highest BCUT2D eigenvalue weighted by Crippen LogP contribution is 2.30. The molecule has 0 aliphatic carbocycles. The van der Waals surface area contributed by atoms with Crippen molar-refractivity contribution in [3.63, 3.8) is 0 Å². The van der Waals surface area contributed by atoms with Crippen LogP contribution in [0.1, 0.15) is 5.56 Å². The molecule has 2 aromatic rings. The molecular formula is C15H15N5O. The van der Waals surface area contributed by atoms with E-state index in [9.17, 15) is 4.79 Å². The fraction of sp³-hybridized carbons (Fsp3) is 0.200. The van der Waals surface area contributed by atoms with Crippen LogP contribution in [0.5, 0.6) is 0 Å². The van der Waals surface area contributed by atoms with Gasteiger partial charge in [0.15, 0.2) is 0 Å². The van der Waals surface area contributed by atoms with Gasteiger partial charge in [-0.3, -0.25) is 14.7 Å². The molecule has 0 saturated heterocycles. The van der Waals surface area contributed by atoms with Gasteiger partial charge in [0.2, 0.25) is 11.9 Å². The lowest BCUT2D eigenvalue weighted by molar-refractivity contribution is -0.115. The Hall–Kier alpha value is -2.60. The van der Waals surface area contributed by atoms with Crippen molar-refractivity contribution < 1.29 is 4.79 Å². The lowest BCUT2D eigenvalue weighted by Crippen LogP contribution is -2.34. The summed E-state index contributed by atoms with van der Waals surface area (Å²) in [6.07, 6.45) is 6.54. The average molecular weight is 281 g/mol. The Balaban J connectivity index is 1.70. The van der Waals surface area contributed by atoms with E-state index in [-0.39, 0.29) is 12.1 Å². The van der Waals surface area contributed by atoms with Gasteiger partial charge in [-0.25, -0.2) is 4.98 Å². The quantitative estimate of drug-likeness (QED) is 0.780. The number of anilines is 2. The van der Waals surface area contributed by atoms with Gasteiger partial charge < -0.3 is 10.6 Å². The number of rotatable bonds is 2. The summed E-state index contributed by atoms with van der Waals surface area (Å²) in [5.41, 5.74) is 3.84. The van der Waals surface area contributed by atoms with Crippen molar-refractivity contribution in [2.75, 3.05) is 17.7 Å². The van der Waals surface area contributed by atoms with Gasteiger partial charge in [-0.1, -0.05) is 6.07 Å². The largest absolute Gasteiger partial charge is 0.336 e. The second-order valence-corrected chi connectivity index (χ2v) is 5.21. The van der Waals surface area contributed by atoms with Gasteiger partial charge in [-0.2, -0.15) is 0 Å². The third-order valence-electron chi connectivity index (χ3n) is 3.79. The molecule has 1 aromatic carbocycles. The van der Waals surface area contributed by atoms with Crippen LogP contribution in [0.15, 0.2) is 30.5 Å². The zero-order chi connectivity index (χ0) is 14.4. The predicted octanol–water partition coefficient (Wildman–Crippen LogP) is 1.49. The molecule has 4 rings (SSSR count). The van der Waals surface area contributed by atoms with Gasteiger partial charge in [0.1, 0.15) is 6.17 Å². The minimum Gasteiger partial charge on any atom is -0.336 e. The van der Waals surface area contributed by atoms with Gasteiger partial charge in [0.05, 0.1) is 12.1 Å². The van der Waals surface area contributed by atoms with Crippen molar-refractivity contribution in [2.24, 2.45) is 0 Å². The van der Waals surface area contributed by atoms with Crippen LogP contribution in [0, 0.1) is 0 Å². The minimum absolute atomic E-state index is 0.0488. The molecule has 0 spiro atoms. The van der Waals surface area contributed by atoms with Crippen LogP contribution in [-0.4, -0.2) is 28.7 Å². The molecule has 0 radical (unpaired) electrons. The Morgan fingerprint density at radius 3 is 3.19 bits per heavy atom. The Kier molecular flexibility index (Phi) is 2.58. The molecule has 3 heterocycles. The third-order valence-corrected chi connectivity index (χ3v) is 3.79. The molecular weight excluding hydrogens is 266 g/mol. The van der Waals surface area contributed by atoms with E-state index in [1.54, 1.807) is 0 Å². The maximum absolute atomic E-state index is 11.4. The van der Waals surface area contributed by atoms with Crippen LogP contribution in [0.2, 0.25) is 0 Å². The van der Waals surface area contributed by atoms with Crippen LogP contribution < -0.4 is 16.0 Å². The Bertz CT molecular complexity index is 761. The van der Waals surface area contributed by atoms with Crippen LogP contribution in [0.3, 0.4) is 0 Å². The number of fused-ring (bicyclic) bond motifs is 2. The molecule has 6 heteroatoms. The molecule has 1 atom stereocenters. The minimum atomic E-state index is 0.0488. The fourth-order valence-electron chi connectivity index (χ4n) is 2.68. The zero-order valence-corrected chi connectivity index (χ0v) is 11.6. The number of amides is 1. The standard InChI is InChI=1S/C15H15N5O/c1-16-13-4-5-20-8-12(18-15(20)19-13)9-2-3-11-10(6-9)7-14(21)17-11/h2-6,8,13,16H,7H2,1H3,(H,17,21)(H,18,19). The van der Waals surface area contributed by atoms with Gasteiger partial charge in [0, 0.05) is 23.6 Å². The topological polar surface area (TPSA) is 71.0 Å². The number of imidazole rings is 1. The summed E-state index contributed by atoms with van der Waals surface area (Å²) in [5, 5.41) is 9.26. The molecule has 106 valence electrons. The number of benzene rings is 1. The first kappa shape index (κ1) is 12.2. The van der Waals surface area contributed by atoms with Crippen molar-refractivity contribution in [2.45, 2.75) is 12.6 Å². The second kappa shape index (κ2) is 4.46. The van der Waals surface area contributed by atoms with Crippen molar-refractivity contribution in [1.82, 2.24) is 14.9 Å². The molecule has 6 nitrogen and oxygen atoms in total. The van der Waals surface area contributed by atoms with Crippen molar-refractivity contribution in [3.05, 3.63) is 36.0 Å². The van der Waals surface area contributed by atoms with Crippen LogP contribution in [0.4, 0.5) is 11.6 Å². The summed E-state index contributed by atoms with van der Waals surface area (Å²) in [7, 11) is 1.89. The van der Waals surface area contributed by atoms with Crippen molar-refractivity contribution in [1.29, 1.82) is 0 Å². The summed E-state index contributed by atoms with van der Waals surface area (Å²) in [6, 6.07) is 5.95. The normalized spacial score (nSPS) is 18.9. The monoisotopic (exact) mass is 281 g/mol. The highest BCUT2D eigenvalue weighted by Gasteiger charge is 2.19. The molecule has 1 aromatic heterocycles. The first-order chi connectivity index (χ1) is 10.2. The van der Waals surface area contributed by atoms with Crippen LogP contribution >= 0.6 is 0 Å². The van der Waals surface area contributed by atoms with Crippen LogP contribution in [-0.2, 0) is 11.2 Å². The summed E-state index contributed by atoms with van der Waals surface area (Å²) in [4.78, 5) is 16.0. The molecule has 0 fully saturated rings. The molecule has 2 aliphatic heterocycles. The molecule has 3 N–H and O–H groups in total. The van der Waals surface area contributed by atoms with Gasteiger partial charge in [-0.15, -0.1) is 0 Å². The lowest BCUT2D eigenvalue weighted by Gasteiger charge is -2.18. The third kappa shape index (κ3) is 2.00. The molecule has 1 unspecified atom stereocenters. The first-order valence-electron chi connectivity index (χ1n) is 6.87. The predicted molar refractivity (Wildman–Crippen MR) is 81.8 cm³/mol. The van der Waals surface area contributed by atoms with E-state index in [2.05, 4.69) is 20.9 Å². The number of carbonyl (C=O) groups excluding carboxylic acids is 1. The summed E-state index contributed by atoms with van der Waals surface area (Å²) >= 11 is 0. The lowest BCUT2D eigenvalue weighted by atomic mass is 10.1. The van der Waals surface area contributed by atoms with E-state index in [4.69, 9.17) is 0 Å². The van der Waals surface area contributed by atoms with E-state index in [1.807, 2.05) is 48.3 Å². The summed E-state index contributed by atoms with van der Waals surface area (Å²) < 4.78 is 1.96.